The number of thiazole rings is 1. The number of hydrogen-bond donors (Lipinski definition) is 1. The summed E-state index contributed by atoms with van der Waals surface area (Å²) in [6, 6.07) is 7.93. The number of pyridine rings is 1. The summed E-state index contributed by atoms with van der Waals surface area (Å²) >= 11 is 2.98. The number of thioether (sulfide) groups is 1. The number of benzene rings is 1. The minimum absolute atomic E-state index is 0.0455. The van der Waals surface area contributed by atoms with E-state index in [0.29, 0.717) is 11.6 Å². The predicted molar refractivity (Wildman–Crippen MR) is 113 cm³/mol. The van der Waals surface area contributed by atoms with Crippen LogP contribution >= 0.6 is 23.1 Å². The topological polar surface area (TPSA) is 64.1 Å². The van der Waals surface area contributed by atoms with Crippen molar-refractivity contribution in [3.05, 3.63) is 40.4 Å². The molecule has 0 fully saturated rings. The summed E-state index contributed by atoms with van der Waals surface area (Å²) in [7, 11) is 1.64. The van der Waals surface area contributed by atoms with Gasteiger partial charge < -0.3 is 10.1 Å². The molecule has 0 radical (unpaired) electrons. The van der Waals surface area contributed by atoms with Gasteiger partial charge in [0.1, 0.15) is 11.3 Å². The number of fused-ring (bicyclic) bond motifs is 1. The molecule has 0 saturated heterocycles. The van der Waals surface area contributed by atoms with Gasteiger partial charge in [0.2, 0.25) is 5.91 Å². The number of amides is 1. The maximum atomic E-state index is 12.7. The number of anilines is 1. The molecule has 1 unspecified atom stereocenters. The maximum absolute atomic E-state index is 12.7. The SMILES string of the molecule is CCC(Sc1cc(C)c2cccc(OC)c2n1)C(=O)Nc1nc(C)c(C)s1. The van der Waals surface area contributed by atoms with Gasteiger partial charge in [0.05, 0.1) is 23.1 Å². The Morgan fingerprint density at radius 1 is 1.30 bits per heavy atom. The zero-order chi connectivity index (χ0) is 19.6. The molecule has 1 aromatic carbocycles. The first-order valence-electron chi connectivity index (χ1n) is 8.78. The molecule has 0 spiro atoms. The van der Waals surface area contributed by atoms with Crippen molar-refractivity contribution < 1.29 is 9.53 Å². The third-order valence-corrected chi connectivity index (χ3v) is 6.66. The molecule has 0 saturated carbocycles. The Bertz CT molecular complexity index is 965. The highest BCUT2D eigenvalue weighted by molar-refractivity contribution is 8.00. The molecule has 7 heteroatoms. The fourth-order valence-electron chi connectivity index (χ4n) is 2.77. The summed E-state index contributed by atoms with van der Waals surface area (Å²) in [6.45, 7) is 8.01. The van der Waals surface area contributed by atoms with Crippen LogP contribution in [0.25, 0.3) is 10.9 Å². The molecule has 1 N–H and O–H groups in total. The number of ether oxygens (including phenoxy) is 1. The van der Waals surface area contributed by atoms with Gasteiger partial charge in [0.25, 0.3) is 0 Å². The second kappa shape index (κ2) is 8.27. The molecule has 5 nitrogen and oxygen atoms in total. The van der Waals surface area contributed by atoms with Gasteiger partial charge in [-0.1, -0.05) is 30.8 Å². The van der Waals surface area contributed by atoms with Crippen LogP contribution in [0.5, 0.6) is 5.75 Å². The monoisotopic (exact) mass is 401 g/mol. The van der Waals surface area contributed by atoms with Crippen molar-refractivity contribution in [3.8, 4) is 5.75 Å². The Balaban J connectivity index is 1.84. The third-order valence-electron chi connectivity index (χ3n) is 4.39. The quantitative estimate of drug-likeness (QED) is 0.580. The average molecular weight is 402 g/mol. The number of rotatable bonds is 6. The first-order chi connectivity index (χ1) is 12.9. The lowest BCUT2D eigenvalue weighted by atomic mass is 10.1. The number of aromatic nitrogens is 2. The minimum Gasteiger partial charge on any atom is -0.494 e. The number of hydrogen-bond acceptors (Lipinski definition) is 6. The molecule has 2 aromatic heterocycles. The molecule has 0 aliphatic rings. The fourth-order valence-corrected chi connectivity index (χ4v) is 4.60. The van der Waals surface area contributed by atoms with Gasteiger partial charge in [-0.15, -0.1) is 11.3 Å². The van der Waals surface area contributed by atoms with Gasteiger partial charge in [0, 0.05) is 10.3 Å². The third kappa shape index (κ3) is 4.25. The highest BCUT2D eigenvalue weighted by Gasteiger charge is 2.21. The van der Waals surface area contributed by atoms with E-state index >= 15 is 0 Å². The molecule has 2 heterocycles. The molecule has 0 bridgehead atoms. The summed E-state index contributed by atoms with van der Waals surface area (Å²) in [5, 5.41) is 5.23. The Hall–Kier alpha value is -2.12. The molecule has 1 amide bonds. The molecule has 0 aliphatic carbocycles. The van der Waals surface area contributed by atoms with Crippen LogP contribution in [0.15, 0.2) is 29.3 Å². The van der Waals surface area contributed by atoms with E-state index in [9.17, 15) is 4.79 Å². The van der Waals surface area contributed by atoms with Crippen LogP contribution in [0.4, 0.5) is 5.13 Å². The van der Waals surface area contributed by atoms with Crippen LogP contribution in [0.2, 0.25) is 0 Å². The van der Waals surface area contributed by atoms with Crippen LogP contribution in [-0.2, 0) is 4.79 Å². The van der Waals surface area contributed by atoms with E-state index in [1.165, 1.54) is 23.1 Å². The van der Waals surface area contributed by atoms with E-state index in [4.69, 9.17) is 9.72 Å². The van der Waals surface area contributed by atoms with E-state index in [0.717, 1.165) is 37.8 Å². The summed E-state index contributed by atoms with van der Waals surface area (Å²) in [5.41, 5.74) is 2.89. The van der Waals surface area contributed by atoms with Gasteiger partial charge in [-0.05, 0) is 44.9 Å². The van der Waals surface area contributed by atoms with Crippen molar-refractivity contribution in [2.45, 2.75) is 44.4 Å². The van der Waals surface area contributed by atoms with Crippen LogP contribution in [-0.4, -0.2) is 28.2 Å². The summed E-state index contributed by atoms with van der Waals surface area (Å²) < 4.78 is 5.45. The zero-order valence-electron chi connectivity index (χ0n) is 16.1. The lowest BCUT2D eigenvalue weighted by Crippen LogP contribution is -2.24. The number of nitrogens with one attached hydrogen (secondary N) is 1. The predicted octanol–water partition coefficient (Wildman–Crippen LogP) is 5.13. The van der Waals surface area contributed by atoms with E-state index in [2.05, 4.69) is 17.2 Å². The Labute approximate surface area is 167 Å². The minimum atomic E-state index is -0.242. The molecule has 0 aliphatic heterocycles. The van der Waals surface area contributed by atoms with Gasteiger partial charge in [-0.3, -0.25) is 4.79 Å². The molecule has 3 aromatic rings. The summed E-state index contributed by atoms with van der Waals surface area (Å²) in [4.78, 5) is 23.0. The van der Waals surface area contributed by atoms with Crippen LogP contribution < -0.4 is 10.1 Å². The van der Waals surface area contributed by atoms with E-state index in [-0.39, 0.29) is 11.2 Å². The number of methoxy groups -OCH3 is 1. The number of aryl methyl sites for hydroxylation is 3. The van der Waals surface area contributed by atoms with Gasteiger partial charge in [-0.25, -0.2) is 9.97 Å². The van der Waals surface area contributed by atoms with E-state index in [1.54, 1.807) is 7.11 Å². The molecule has 142 valence electrons. The second-order valence-electron chi connectivity index (χ2n) is 6.30. The number of carbonyl (C=O) groups is 1. The van der Waals surface area contributed by atoms with Crippen molar-refractivity contribution >= 4 is 45.0 Å². The van der Waals surface area contributed by atoms with Crippen molar-refractivity contribution in [2.75, 3.05) is 12.4 Å². The largest absolute Gasteiger partial charge is 0.494 e. The summed E-state index contributed by atoms with van der Waals surface area (Å²) in [5.74, 6) is 0.695. The van der Waals surface area contributed by atoms with Crippen LogP contribution in [0, 0.1) is 20.8 Å². The molecule has 3 rings (SSSR count). The Kier molecular flexibility index (Phi) is 6.01. The van der Waals surface area contributed by atoms with Crippen molar-refractivity contribution in [1.29, 1.82) is 0 Å². The van der Waals surface area contributed by atoms with Crippen LogP contribution in [0.1, 0.15) is 29.5 Å². The van der Waals surface area contributed by atoms with Crippen molar-refractivity contribution in [1.82, 2.24) is 9.97 Å². The lowest BCUT2D eigenvalue weighted by molar-refractivity contribution is -0.115. The van der Waals surface area contributed by atoms with E-state index in [1.807, 2.05) is 45.0 Å². The fraction of sp³-hybridized carbons (Fsp3) is 0.350. The summed E-state index contributed by atoms with van der Waals surface area (Å²) in [6.07, 6.45) is 0.699. The molecule has 27 heavy (non-hydrogen) atoms. The number of carbonyl (C=O) groups excluding carboxylic acids is 1. The van der Waals surface area contributed by atoms with Crippen LogP contribution in [0.3, 0.4) is 0 Å². The van der Waals surface area contributed by atoms with E-state index < -0.39 is 0 Å². The average Bonchev–Trinajstić information content (AvgIpc) is 2.96. The zero-order valence-corrected chi connectivity index (χ0v) is 17.8. The van der Waals surface area contributed by atoms with Gasteiger partial charge in [0.15, 0.2) is 5.13 Å². The Morgan fingerprint density at radius 2 is 2.07 bits per heavy atom. The maximum Gasteiger partial charge on any atom is 0.239 e. The van der Waals surface area contributed by atoms with Gasteiger partial charge >= 0.3 is 0 Å². The highest BCUT2D eigenvalue weighted by Crippen LogP contribution is 2.32. The lowest BCUT2D eigenvalue weighted by Gasteiger charge is -2.15. The van der Waals surface area contributed by atoms with Crippen molar-refractivity contribution in [3.63, 3.8) is 0 Å². The first-order valence-corrected chi connectivity index (χ1v) is 10.5. The normalized spacial score (nSPS) is 12.2. The first kappa shape index (κ1) is 19.6. The second-order valence-corrected chi connectivity index (χ2v) is 8.72. The standard InChI is InChI=1S/C20H23N3O2S2/c1-6-16(19(24)23-20-21-12(3)13(4)26-20)27-17-10-11(2)14-8-7-9-15(25-5)18(14)22-17/h7-10,16H,6H2,1-5H3,(H,21,23,24). The smallest absolute Gasteiger partial charge is 0.239 e. The number of nitrogens with zero attached hydrogens (tertiary/aromatic N) is 2. The molecule has 1 atom stereocenters. The Morgan fingerprint density at radius 3 is 2.70 bits per heavy atom. The molecular weight excluding hydrogens is 378 g/mol. The van der Waals surface area contributed by atoms with Crippen molar-refractivity contribution in [2.24, 2.45) is 0 Å². The molecular formula is C20H23N3O2S2. The highest BCUT2D eigenvalue weighted by atomic mass is 32.2. The number of para-hydroxylation sites is 1. The van der Waals surface area contributed by atoms with Gasteiger partial charge in [-0.2, -0.15) is 0 Å².